The average molecular weight is 539 g/mol. The molecular weight excluding hydrogens is 516 g/mol. The lowest BCUT2D eigenvalue weighted by Gasteiger charge is -2.12. The van der Waals surface area contributed by atoms with Gasteiger partial charge in [0.1, 0.15) is 5.82 Å². The SMILES string of the molecule is CCc1cc(C(F)(F)F)cc2c1n(C)c(=Nc1ccc(F)cc1)n2Cc1ccc(C(=O)Nc2nn[nH]n2)cc1. The number of hydrogen-bond acceptors (Lipinski definition) is 5. The van der Waals surface area contributed by atoms with Crippen LogP contribution in [0.3, 0.4) is 0 Å². The van der Waals surface area contributed by atoms with Gasteiger partial charge in [0, 0.05) is 12.6 Å². The number of aromatic amines is 1. The maximum atomic E-state index is 13.8. The molecule has 0 saturated heterocycles. The molecule has 2 heterocycles. The van der Waals surface area contributed by atoms with Gasteiger partial charge in [0.05, 0.1) is 28.8 Å². The third-order valence-corrected chi connectivity index (χ3v) is 6.23. The lowest BCUT2D eigenvalue weighted by Crippen LogP contribution is -2.24. The summed E-state index contributed by atoms with van der Waals surface area (Å²) in [5.41, 5.74) is 2.60. The van der Waals surface area contributed by atoms with Crippen molar-refractivity contribution < 1.29 is 22.4 Å². The molecule has 0 aliphatic rings. The predicted molar refractivity (Wildman–Crippen MR) is 135 cm³/mol. The summed E-state index contributed by atoms with van der Waals surface area (Å²) in [6.45, 7) is 1.95. The van der Waals surface area contributed by atoms with Crippen LogP contribution < -0.4 is 10.9 Å². The van der Waals surface area contributed by atoms with Crippen molar-refractivity contribution in [2.24, 2.45) is 12.0 Å². The molecule has 0 unspecified atom stereocenters. The first kappa shape index (κ1) is 25.8. The quantitative estimate of drug-likeness (QED) is 0.305. The number of rotatable bonds is 6. The maximum Gasteiger partial charge on any atom is 0.416 e. The number of aryl methyl sites for hydroxylation is 2. The zero-order valence-electron chi connectivity index (χ0n) is 20.8. The molecule has 1 amide bonds. The van der Waals surface area contributed by atoms with Gasteiger partial charge in [-0.2, -0.15) is 18.4 Å². The summed E-state index contributed by atoms with van der Waals surface area (Å²) in [4.78, 5) is 17.1. The van der Waals surface area contributed by atoms with Crippen LogP contribution in [0.5, 0.6) is 0 Å². The largest absolute Gasteiger partial charge is 0.416 e. The highest BCUT2D eigenvalue weighted by atomic mass is 19.4. The Bertz CT molecular complexity index is 1700. The summed E-state index contributed by atoms with van der Waals surface area (Å²) in [6.07, 6.45) is -4.16. The molecule has 0 aliphatic heterocycles. The minimum absolute atomic E-state index is 0.0228. The zero-order chi connectivity index (χ0) is 27.7. The van der Waals surface area contributed by atoms with E-state index < -0.39 is 23.5 Å². The number of imidazole rings is 1. The van der Waals surface area contributed by atoms with Gasteiger partial charge in [-0.3, -0.25) is 10.1 Å². The van der Waals surface area contributed by atoms with E-state index in [2.05, 4.69) is 30.9 Å². The van der Waals surface area contributed by atoms with E-state index in [1.807, 2.05) is 0 Å². The number of nitrogens with zero attached hydrogens (tertiary/aromatic N) is 6. The highest BCUT2D eigenvalue weighted by Crippen LogP contribution is 2.33. The van der Waals surface area contributed by atoms with E-state index in [4.69, 9.17) is 0 Å². The topological polar surface area (TPSA) is 106 Å². The Labute approximate surface area is 218 Å². The lowest BCUT2D eigenvalue weighted by molar-refractivity contribution is -0.137. The third kappa shape index (κ3) is 5.28. The number of carbonyl (C=O) groups is 1. The Balaban J connectivity index is 1.62. The summed E-state index contributed by atoms with van der Waals surface area (Å²) in [6, 6.07) is 14.4. The van der Waals surface area contributed by atoms with Crippen molar-refractivity contribution >= 4 is 28.6 Å². The Kier molecular flexibility index (Phi) is 6.73. The van der Waals surface area contributed by atoms with Crippen LogP contribution in [0.2, 0.25) is 0 Å². The maximum absolute atomic E-state index is 13.8. The number of fused-ring (bicyclic) bond motifs is 1. The fourth-order valence-electron chi connectivity index (χ4n) is 4.35. The molecule has 5 rings (SSSR count). The van der Waals surface area contributed by atoms with Crippen molar-refractivity contribution in [1.82, 2.24) is 29.8 Å². The molecule has 2 N–H and O–H groups in total. The second-order valence-electron chi connectivity index (χ2n) is 8.77. The van der Waals surface area contributed by atoms with E-state index in [0.29, 0.717) is 39.9 Å². The molecule has 0 saturated carbocycles. The molecule has 200 valence electrons. The van der Waals surface area contributed by atoms with Gasteiger partial charge in [0.25, 0.3) is 11.9 Å². The Hall–Kier alpha value is -4.81. The monoisotopic (exact) mass is 538 g/mol. The van der Waals surface area contributed by atoms with Crippen LogP contribution in [0.15, 0.2) is 65.7 Å². The van der Waals surface area contributed by atoms with Crippen molar-refractivity contribution in [1.29, 1.82) is 0 Å². The first-order valence-corrected chi connectivity index (χ1v) is 11.9. The number of hydrogen-bond donors (Lipinski definition) is 2. The summed E-state index contributed by atoms with van der Waals surface area (Å²) in [5, 5.41) is 15.5. The van der Waals surface area contributed by atoms with Crippen molar-refractivity contribution in [2.45, 2.75) is 26.1 Å². The Morgan fingerprint density at radius 3 is 2.41 bits per heavy atom. The van der Waals surface area contributed by atoms with E-state index in [9.17, 15) is 22.4 Å². The molecule has 5 aromatic rings. The third-order valence-electron chi connectivity index (χ3n) is 6.23. The molecule has 0 radical (unpaired) electrons. The van der Waals surface area contributed by atoms with Gasteiger partial charge in [-0.15, -0.1) is 5.10 Å². The van der Waals surface area contributed by atoms with Gasteiger partial charge in [0.15, 0.2) is 0 Å². The summed E-state index contributed by atoms with van der Waals surface area (Å²) < 4.78 is 58.3. The highest BCUT2D eigenvalue weighted by molar-refractivity contribution is 6.03. The van der Waals surface area contributed by atoms with Crippen LogP contribution >= 0.6 is 0 Å². The molecular formula is C26H22F4N8O. The van der Waals surface area contributed by atoms with Crippen molar-refractivity contribution in [2.75, 3.05) is 5.32 Å². The van der Waals surface area contributed by atoms with Crippen LogP contribution in [0.4, 0.5) is 29.2 Å². The van der Waals surface area contributed by atoms with Crippen LogP contribution in [0.1, 0.15) is 34.0 Å². The number of amides is 1. The van der Waals surface area contributed by atoms with Crippen molar-refractivity contribution in [3.05, 3.63) is 94.4 Å². The summed E-state index contributed by atoms with van der Waals surface area (Å²) >= 11 is 0. The van der Waals surface area contributed by atoms with E-state index in [1.54, 1.807) is 47.4 Å². The molecule has 0 aliphatic carbocycles. The molecule has 39 heavy (non-hydrogen) atoms. The van der Waals surface area contributed by atoms with Gasteiger partial charge in [-0.1, -0.05) is 24.2 Å². The second kappa shape index (κ2) is 10.2. The molecule has 0 bridgehead atoms. The Morgan fingerprint density at radius 2 is 1.79 bits per heavy atom. The number of H-pyrrole nitrogens is 1. The number of alkyl halides is 3. The fourth-order valence-corrected chi connectivity index (χ4v) is 4.35. The second-order valence-corrected chi connectivity index (χ2v) is 8.77. The van der Waals surface area contributed by atoms with Gasteiger partial charge < -0.3 is 9.13 Å². The first-order chi connectivity index (χ1) is 18.6. The summed E-state index contributed by atoms with van der Waals surface area (Å²) in [5.74, 6) is -0.852. The van der Waals surface area contributed by atoms with E-state index in [1.165, 1.54) is 24.3 Å². The minimum Gasteiger partial charge on any atom is -0.313 e. The number of halogens is 4. The molecule has 0 fully saturated rings. The fraction of sp³-hybridized carbons (Fsp3) is 0.192. The summed E-state index contributed by atoms with van der Waals surface area (Å²) in [7, 11) is 1.74. The van der Waals surface area contributed by atoms with E-state index >= 15 is 0 Å². The van der Waals surface area contributed by atoms with Crippen LogP contribution in [-0.4, -0.2) is 35.7 Å². The number of carbonyl (C=O) groups excluding carboxylic acids is 1. The number of aromatic nitrogens is 6. The van der Waals surface area contributed by atoms with Crippen LogP contribution in [0.25, 0.3) is 11.0 Å². The average Bonchev–Trinajstić information content (AvgIpc) is 3.51. The number of benzene rings is 3. The molecule has 3 aromatic carbocycles. The van der Waals surface area contributed by atoms with Gasteiger partial charge in [-0.05, 0) is 71.3 Å². The van der Waals surface area contributed by atoms with Crippen molar-refractivity contribution in [3.8, 4) is 0 Å². The number of anilines is 1. The normalized spacial score (nSPS) is 12.3. The smallest absolute Gasteiger partial charge is 0.313 e. The number of nitrogens with one attached hydrogen (secondary N) is 2. The minimum atomic E-state index is -4.53. The lowest BCUT2D eigenvalue weighted by atomic mass is 10.1. The molecule has 0 spiro atoms. The van der Waals surface area contributed by atoms with Gasteiger partial charge in [0.2, 0.25) is 5.62 Å². The molecule has 9 nitrogen and oxygen atoms in total. The van der Waals surface area contributed by atoms with Crippen LogP contribution in [0, 0.1) is 5.82 Å². The zero-order valence-corrected chi connectivity index (χ0v) is 20.8. The van der Waals surface area contributed by atoms with E-state index in [-0.39, 0.29) is 12.5 Å². The van der Waals surface area contributed by atoms with Gasteiger partial charge >= 0.3 is 6.18 Å². The van der Waals surface area contributed by atoms with Crippen molar-refractivity contribution in [3.63, 3.8) is 0 Å². The first-order valence-electron chi connectivity index (χ1n) is 11.9. The highest BCUT2D eigenvalue weighted by Gasteiger charge is 2.32. The number of tetrazole rings is 1. The Morgan fingerprint density at radius 1 is 1.08 bits per heavy atom. The molecule has 0 atom stereocenters. The standard InChI is InChI=1S/C26H22F4N8O/c1-3-16-12-18(26(28,29)30)13-21-22(16)37(2)25(31-20-10-8-19(27)9-11-20)38(21)14-15-4-6-17(7-5-15)23(39)32-24-33-35-36-34-24/h4-13H,3,14H2,1-2H3,(H2,32,33,34,35,36,39). The molecule has 2 aromatic heterocycles. The predicted octanol–water partition coefficient (Wildman–Crippen LogP) is 4.75. The van der Waals surface area contributed by atoms with Gasteiger partial charge in [-0.25, -0.2) is 9.38 Å². The van der Waals surface area contributed by atoms with Crippen LogP contribution in [-0.2, 0) is 26.2 Å². The molecule has 13 heteroatoms. The van der Waals surface area contributed by atoms with E-state index in [0.717, 1.165) is 17.7 Å².